The number of hydrogen-bond donors (Lipinski definition) is 4. The first kappa shape index (κ1) is 39.4. The monoisotopic (exact) mass is 712 g/mol. The lowest BCUT2D eigenvalue weighted by Crippen LogP contribution is -2.59. The Balaban J connectivity index is 1.62. The van der Waals surface area contributed by atoms with Crippen molar-refractivity contribution >= 4 is 23.8 Å². The summed E-state index contributed by atoms with van der Waals surface area (Å²) in [6.45, 7) is -0.346. The molecule has 0 saturated heterocycles. The Labute approximate surface area is 302 Å². The second-order valence-electron chi connectivity index (χ2n) is 12.0. The molecule has 2 amide bonds. The zero-order valence-electron chi connectivity index (χ0n) is 29.0. The van der Waals surface area contributed by atoms with Gasteiger partial charge in [-0.2, -0.15) is 0 Å². The number of aliphatic hydroxyl groups is 2. The van der Waals surface area contributed by atoms with E-state index in [1.165, 1.54) is 14.2 Å². The van der Waals surface area contributed by atoms with E-state index < -0.39 is 60.3 Å². The molecule has 0 spiro atoms. The van der Waals surface area contributed by atoms with Gasteiger partial charge in [0.25, 0.3) is 11.8 Å². The molecule has 0 fully saturated rings. The van der Waals surface area contributed by atoms with Gasteiger partial charge in [-0.1, -0.05) is 121 Å². The third-order valence-electron chi connectivity index (χ3n) is 8.20. The summed E-state index contributed by atoms with van der Waals surface area (Å²) in [5.41, 5.74) is 2.74. The zero-order chi connectivity index (χ0) is 37.3. The number of methoxy groups -OCH3 is 2. The Morgan fingerprint density at radius 3 is 1.08 bits per heavy atom. The van der Waals surface area contributed by atoms with E-state index >= 15 is 0 Å². The molecule has 52 heavy (non-hydrogen) atoms. The highest BCUT2D eigenvalue weighted by atomic mass is 16.5. The summed E-state index contributed by atoms with van der Waals surface area (Å²) in [7, 11) is 2.36. The average Bonchev–Trinajstić information content (AvgIpc) is 3.18. The smallest absolute Gasteiger partial charge is 0.328 e. The Kier molecular flexibility index (Phi) is 15.5. The maximum atomic E-state index is 13.9. The molecule has 0 aliphatic carbocycles. The predicted molar refractivity (Wildman–Crippen MR) is 190 cm³/mol. The number of aliphatic hydroxyl groups excluding tert-OH is 2. The second-order valence-corrected chi connectivity index (χ2v) is 12.0. The van der Waals surface area contributed by atoms with Gasteiger partial charge in [-0.15, -0.1) is 0 Å². The van der Waals surface area contributed by atoms with Crippen LogP contribution in [0.5, 0.6) is 0 Å². The Morgan fingerprint density at radius 1 is 0.500 bits per heavy atom. The molecule has 0 aliphatic heterocycles. The molecule has 0 aromatic heterocycles. The molecule has 6 atom stereocenters. The minimum atomic E-state index is -2.07. The first-order valence-corrected chi connectivity index (χ1v) is 16.7. The molecule has 0 unspecified atom stereocenters. The third-order valence-corrected chi connectivity index (χ3v) is 8.20. The van der Waals surface area contributed by atoms with Gasteiger partial charge in [-0.3, -0.25) is 9.59 Å². The van der Waals surface area contributed by atoms with Gasteiger partial charge in [-0.25, -0.2) is 9.59 Å². The normalized spacial score (nSPS) is 14.5. The molecule has 4 N–H and O–H groups in total. The number of esters is 2. The number of carbonyl (C=O) groups excluding carboxylic acids is 4. The molecule has 0 aliphatic rings. The van der Waals surface area contributed by atoms with Crippen molar-refractivity contribution < 1.29 is 48.3 Å². The van der Waals surface area contributed by atoms with E-state index in [9.17, 15) is 29.4 Å². The molecule has 4 rings (SSSR count). The number of nitrogens with one attached hydrogen (secondary N) is 2. The molecule has 0 radical (unpaired) electrons. The highest BCUT2D eigenvalue weighted by Crippen LogP contribution is 2.18. The first-order valence-electron chi connectivity index (χ1n) is 16.7. The number of rotatable bonds is 19. The van der Waals surface area contributed by atoms with Crippen molar-refractivity contribution in [1.29, 1.82) is 0 Å². The molecule has 0 saturated carbocycles. The molecule has 4 aromatic carbocycles. The van der Waals surface area contributed by atoms with Crippen molar-refractivity contribution in [1.82, 2.24) is 10.6 Å². The van der Waals surface area contributed by atoms with Gasteiger partial charge < -0.3 is 39.8 Å². The number of amides is 2. The van der Waals surface area contributed by atoms with Crippen molar-refractivity contribution in [3.8, 4) is 0 Å². The minimum absolute atomic E-state index is 0.0604. The average molecular weight is 713 g/mol. The number of carbonyl (C=O) groups is 4. The van der Waals surface area contributed by atoms with E-state index in [2.05, 4.69) is 10.6 Å². The van der Waals surface area contributed by atoms with E-state index in [1.807, 2.05) is 12.1 Å². The molecular weight excluding hydrogens is 668 g/mol. The summed E-state index contributed by atoms with van der Waals surface area (Å²) in [6, 6.07) is 33.1. The van der Waals surface area contributed by atoms with Crippen LogP contribution in [0.3, 0.4) is 0 Å². The fraction of sp³-hybridized carbons (Fsp3) is 0.300. The van der Waals surface area contributed by atoms with Crippen molar-refractivity contribution in [3.63, 3.8) is 0 Å². The van der Waals surface area contributed by atoms with Crippen molar-refractivity contribution in [2.24, 2.45) is 0 Å². The third kappa shape index (κ3) is 11.8. The molecule has 0 bridgehead atoms. The fourth-order valence-corrected chi connectivity index (χ4v) is 5.42. The summed E-state index contributed by atoms with van der Waals surface area (Å²) in [5, 5.41) is 28.5. The second kappa shape index (κ2) is 20.4. The van der Waals surface area contributed by atoms with Crippen LogP contribution in [-0.4, -0.2) is 84.7 Å². The standard InChI is InChI=1S/C40H44N2O10/c1-49-39(47)31(23-27-15-7-3-8-16-27)41-37(45)35(51-25-29-19-11-5-12-20-29)33(43)34(44)36(52-26-30-21-13-6-14-22-30)38(46)42-32(40(48)50-2)24-28-17-9-4-10-18-28/h3-22,31-36,43-44H,23-26H2,1-2H3,(H,41,45)(H,42,46)/t31-,32-,33+,34+,35+,36+/m0/s1. The Bertz CT molecular complexity index is 1570. The van der Waals surface area contributed by atoms with Gasteiger partial charge >= 0.3 is 11.9 Å². The van der Waals surface area contributed by atoms with Gasteiger partial charge in [0.15, 0.2) is 12.2 Å². The molecule has 0 heterocycles. The van der Waals surface area contributed by atoms with E-state index in [1.54, 1.807) is 109 Å². The van der Waals surface area contributed by atoms with E-state index in [4.69, 9.17) is 18.9 Å². The Morgan fingerprint density at radius 2 is 0.788 bits per heavy atom. The van der Waals surface area contributed by atoms with Crippen LogP contribution in [-0.2, 0) is 64.2 Å². The van der Waals surface area contributed by atoms with Gasteiger partial charge in [-0.05, 0) is 22.3 Å². The van der Waals surface area contributed by atoms with Crippen molar-refractivity contribution in [2.75, 3.05) is 14.2 Å². The summed E-state index contributed by atoms with van der Waals surface area (Å²) >= 11 is 0. The summed E-state index contributed by atoms with van der Waals surface area (Å²) < 4.78 is 21.7. The summed E-state index contributed by atoms with van der Waals surface area (Å²) in [4.78, 5) is 53.4. The van der Waals surface area contributed by atoms with Crippen LogP contribution in [0, 0.1) is 0 Å². The van der Waals surface area contributed by atoms with Crippen molar-refractivity contribution in [3.05, 3.63) is 144 Å². The van der Waals surface area contributed by atoms with Crippen LogP contribution in [0.1, 0.15) is 22.3 Å². The fourth-order valence-electron chi connectivity index (χ4n) is 5.42. The Hall–Kier alpha value is -5.40. The maximum Gasteiger partial charge on any atom is 0.328 e. The number of benzene rings is 4. The lowest BCUT2D eigenvalue weighted by atomic mass is 9.99. The van der Waals surface area contributed by atoms with E-state index in [0.717, 1.165) is 11.1 Å². The van der Waals surface area contributed by atoms with Crippen LogP contribution in [0.15, 0.2) is 121 Å². The van der Waals surface area contributed by atoms with Crippen LogP contribution in [0.2, 0.25) is 0 Å². The lowest BCUT2D eigenvalue weighted by Gasteiger charge is -2.32. The minimum Gasteiger partial charge on any atom is -0.467 e. The zero-order valence-corrected chi connectivity index (χ0v) is 29.0. The highest BCUT2D eigenvalue weighted by molar-refractivity contribution is 5.89. The van der Waals surface area contributed by atoms with Gasteiger partial charge in [0, 0.05) is 12.8 Å². The lowest BCUT2D eigenvalue weighted by molar-refractivity contribution is -0.172. The van der Waals surface area contributed by atoms with Gasteiger partial charge in [0.1, 0.15) is 24.3 Å². The van der Waals surface area contributed by atoms with Gasteiger partial charge in [0.2, 0.25) is 0 Å². The number of hydrogen-bond acceptors (Lipinski definition) is 10. The molecule has 12 heteroatoms. The number of ether oxygens (including phenoxy) is 4. The van der Waals surface area contributed by atoms with Crippen molar-refractivity contribution in [2.45, 2.75) is 62.6 Å². The van der Waals surface area contributed by atoms with Crippen LogP contribution in [0.4, 0.5) is 0 Å². The van der Waals surface area contributed by atoms with Crippen LogP contribution < -0.4 is 10.6 Å². The largest absolute Gasteiger partial charge is 0.467 e. The maximum absolute atomic E-state index is 13.9. The quantitative estimate of drug-likeness (QED) is 0.106. The van der Waals surface area contributed by atoms with Crippen LogP contribution in [0.25, 0.3) is 0 Å². The molecule has 4 aromatic rings. The molecular formula is C40H44N2O10. The summed E-state index contributed by atoms with van der Waals surface area (Å²) in [6.07, 6.45) is -7.65. The van der Waals surface area contributed by atoms with E-state index in [0.29, 0.717) is 11.1 Å². The molecule has 12 nitrogen and oxygen atoms in total. The molecule has 274 valence electrons. The summed E-state index contributed by atoms with van der Waals surface area (Å²) in [5.74, 6) is -3.39. The predicted octanol–water partition coefficient (Wildman–Crippen LogP) is 2.68. The van der Waals surface area contributed by atoms with Gasteiger partial charge in [0.05, 0.1) is 27.4 Å². The van der Waals surface area contributed by atoms with E-state index in [-0.39, 0.29) is 26.1 Å². The SMILES string of the molecule is COC(=O)[C@H](Cc1ccccc1)NC(=O)[C@H](OCc1ccccc1)[C@H](O)[C@@H](O)[C@@H](OCc1ccccc1)C(=O)N[C@@H](Cc1ccccc1)C(=O)OC. The topological polar surface area (TPSA) is 170 Å². The first-order chi connectivity index (χ1) is 25.2. The highest BCUT2D eigenvalue weighted by Gasteiger charge is 2.42. The van der Waals surface area contributed by atoms with Crippen LogP contribution >= 0.6 is 0 Å².